The Morgan fingerprint density at radius 1 is 1.42 bits per heavy atom. The zero-order valence-corrected chi connectivity index (χ0v) is 14.9. The number of hydrazone groups is 1. The van der Waals surface area contributed by atoms with Gasteiger partial charge in [-0.2, -0.15) is 5.10 Å². The van der Waals surface area contributed by atoms with Gasteiger partial charge in [-0.3, -0.25) is 4.79 Å². The largest absolute Gasteiger partial charge is 0.378 e. The lowest BCUT2D eigenvalue weighted by molar-refractivity contribution is 0.0950. The highest BCUT2D eigenvalue weighted by Crippen LogP contribution is 2.21. The molecule has 0 spiro atoms. The second kappa shape index (κ2) is 7.14. The lowest BCUT2D eigenvalue weighted by atomic mass is 10.1. The minimum Gasteiger partial charge on any atom is -0.378 e. The van der Waals surface area contributed by atoms with E-state index in [9.17, 15) is 4.79 Å². The lowest BCUT2D eigenvalue weighted by Crippen LogP contribution is -2.36. The fraction of sp³-hybridized carbons (Fsp3) is 0.438. The van der Waals surface area contributed by atoms with Crippen molar-refractivity contribution < 1.29 is 9.53 Å². The molecule has 0 atom stereocenters. The van der Waals surface area contributed by atoms with Crippen molar-refractivity contribution in [1.82, 2.24) is 15.4 Å². The second-order valence-corrected chi connectivity index (χ2v) is 6.56. The van der Waals surface area contributed by atoms with Crippen LogP contribution in [0.2, 0.25) is 0 Å². The number of carbonyl (C=O) groups is 1. The predicted molar refractivity (Wildman–Crippen MR) is 95.1 cm³/mol. The van der Waals surface area contributed by atoms with Gasteiger partial charge >= 0.3 is 0 Å². The monoisotopic (exact) mass is 347 g/mol. The third-order valence-electron chi connectivity index (χ3n) is 3.97. The average Bonchev–Trinajstić information content (AvgIpc) is 3.20. The number of aromatic amines is 1. The number of aromatic nitrogens is 2. The normalized spacial score (nSPS) is 15.6. The number of nitrogens with zero attached hydrogens (tertiary/aromatic N) is 3. The van der Waals surface area contributed by atoms with Gasteiger partial charge in [-0.1, -0.05) is 0 Å². The van der Waals surface area contributed by atoms with Crippen LogP contribution in [0.4, 0.5) is 5.13 Å². The number of hydrogen-bond acceptors (Lipinski definition) is 6. The highest BCUT2D eigenvalue weighted by molar-refractivity contribution is 7.13. The molecule has 0 saturated carbocycles. The summed E-state index contributed by atoms with van der Waals surface area (Å²) in [6, 6.07) is 0. The van der Waals surface area contributed by atoms with Crippen molar-refractivity contribution in [1.29, 1.82) is 0 Å². The minimum atomic E-state index is -0.295. The summed E-state index contributed by atoms with van der Waals surface area (Å²) in [7, 11) is 0. The first kappa shape index (κ1) is 16.7. The molecule has 0 bridgehead atoms. The number of thiazole rings is 1. The van der Waals surface area contributed by atoms with Gasteiger partial charge in [0.15, 0.2) is 5.13 Å². The van der Waals surface area contributed by atoms with E-state index in [0.29, 0.717) is 18.9 Å². The fourth-order valence-electron chi connectivity index (χ4n) is 2.73. The molecule has 7 nitrogen and oxygen atoms in total. The molecule has 8 heteroatoms. The van der Waals surface area contributed by atoms with Gasteiger partial charge in [0.25, 0.3) is 5.91 Å². The van der Waals surface area contributed by atoms with Crippen molar-refractivity contribution >= 4 is 28.1 Å². The van der Waals surface area contributed by atoms with Crippen LogP contribution in [0.3, 0.4) is 0 Å². The molecular formula is C16H21N5O2S. The first-order valence-electron chi connectivity index (χ1n) is 7.84. The molecule has 3 rings (SSSR count). The zero-order chi connectivity index (χ0) is 17.1. The standard InChI is InChI=1S/C16H21N5O2S/c1-10-8-17-11(2)14(10)12(3)19-20-15(22)13-9-24-16(18-13)21-4-6-23-7-5-21/h8-9,17H,4-7H2,1-3H3,(H,20,22)/b19-12+. The van der Waals surface area contributed by atoms with E-state index in [0.717, 1.165) is 40.8 Å². The van der Waals surface area contributed by atoms with E-state index in [1.54, 1.807) is 5.38 Å². The number of amides is 1. The minimum absolute atomic E-state index is 0.295. The number of anilines is 1. The van der Waals surface area contributed by atoms with Crippen LogP contribution in [0, 0.1) is 13.8 Å². The van der Waals surface area contributed by atoms with Gasteiger partial charge < -0.3 is 14.6 Å². The van der Waals surface area contributed by atoms with Crippen molar-refractivity contribution in [2.24, 2.45) is 5.10 Å². The first-order chi connectivity index (χ1) is 11.6. The number of hydrogen-bond donors (Lipinski definition) is 2. The summed E-state index contributed by atoms with van der Waals surface area (Å²) < 4.78 is 5.33. The number of aryl methyl sites for hydroxylation is 2. The zero-order valence-electron chi connectivity index (χ0n) is 14.0. The van der Waals surface area contributed by atoms with Crippen LogP contribution in [0.25, 0.3) is 0 Å². The van der Waals surface area contributed by atoms with E-state index in [4.69, 9.17) is 4.74 Å². The molecule has 0 aliphatic carbocycles. The number of nitrogens with one attached hydrogen (secondary N) is 2. The van der Waals surface area contributed by atoms with Crippen LogP contribution in [-0.2, 0) is 4.74 Å². The van der Waals surface area contributed by atoms with Gasteiger partial charge in [-0.25, -0.2) is 10.4 Å². The maximum atomic E-state index is 12.3. The molecule has 0 unspecified atom stereocenters. The summed E-state index contributed by atoms with van der Waals surface area (Å²) in [5.41, 5.74) is 6.92. The molecule has 2 N–H and O–H groups in total. The quantitative estimate of drug-likeness (QED) is 0.655. The van der Waals surface area contributed by atoms with E-state index in [1.807, 2.05) is 27.0 Å². The smallest absolute Gasteiger partial charge is 0.290 e. The predicted octanol–water partition coefficient (Wildman–Crippen LogP) is 2.08. The number of H-pyrrole nitrogens is 1. The maximum Gasteiger partial charge on any atom is 0.290 e. The van der Waals surface area contributed by atoms with Crippen molar-refractivity contribution in [3.63, 3.8) is 0 Å². The Morgan fingerprint density at radius 2 is 2.17 bits per heavy atom. The van der Waals surface area contributed by atoms with Gasteiger partial charge in [0.1, 0.15) is 5.69 Å². The number of carbonyl (C=O) groups excluding carboxylic acids is 1. The third-order valence-corrected chi connectivity index (χ3v) is 4.87. The molecule has 0 aromatic carbocycles. The lowest BCUT2D eigenvalue weighted by Gasteiger charge is -2.25. The van der Waals surface area contributed by atoms with E-state index >= 15 is 0 Å². The van der Waals surface area contributed by atoms with Crippen LogP contribution in [-0.4, -0.2) is 47.9 Å². The molecule has 24 heavy (non-hydrogen) atoms. The Kier molecular flexibility index (Phi) is 4.96. The first-order valence-corrected chi connectivity index (χ1v) is 8.72. The van der Waals surface area contributed by atoms with Crippen LogP contribution >= 0.6 is 11.3 Å². The van der Waals surface area contributed by atoms with E-state index < -0.39 is 0 Å². The molecule has 1 aliphatic rings. The number of ether oxygens (including phenoxy) is 1. The van der Waals surface area contributed by atoms with E-state index in [-0.39, 0.29) is 5.91 Å². The molecule has 1 fully saturated rings. The number of rotatable bonds is 4. The van der Waals surface area contributed by atoms with Crippen molar-refractivity contribution in [2.75, 3.05) is 31.2 Å². The highest BCUT2D eigenvalue weighted by atomic mass is 32.1. The van der Waals surface area contributed by atoms with E-state index in [1.165, 1.54) is 11.3 Å². The summed E-state index contributed by atoms with van der Waals surface area (Å²) in [5, 5.41) is 6.82. The van der Waals surface area contributed by atoms with Crippen molar-refractivity contribution in [3.8, 4) is 0 Å². The van der Waals surface area contributed by atoms with Crippen LogP contribution in [0.5, 0.6) is 0 Å². The molecule has 1 aliphatic heterocycles. The van der Waals surface area contributed by atoms with Crippen LogP contribution in [0.1, 0.15) is 34.2 Å². The summed E-state index contributed by atoms with van der Waals surface area (Å²) >= 11 is 1.47. The molecule has 1 amide bonds. The van der Waals surface area contributed by atoms with Crippen molar-refractivity contribution in [3.05, 3.63) is 34.1 Å². The van der Waals surface area contributed by atoms with Crippen molar-refractivity contribution in [2.45, 2.75) is 20.8 Å². The Labute approximate surface area is 144 Å². The summed E-state index contributed by atoms with van der Waals surface area (Å²) in [4.78, 5) is 22.0. The summed E-state index contributed by atoms with van der Waals surface area (Å²) in [6.45, 7) is 8.87. The van der Waals surface area contributed by atoms with Gasteiger partial charge in [0.05, 0.1) is 18.9 Å². The van der Waals surface area contributed by atoms with Crippen LogP contribution < -0.4 is 10.3 Å². The molecule has 1 saturated heterocycles. The Morgan fingerprint density at radius 3 is 2.83 bits per heavy atom. The maximum absolute atomic E-state index is 12.3. The van der Waals surface area contributed by atoms with Crippen LogP contribution in [0.15, 0.2) is 16.7 Å². The molecular weight excluding hydrogens is 326 g/mol. The Bertz CT molecular complexity index is 739. The number of morpholine rings is 1. The highest BCUT2D eigenvalue weighted by Gasteiger charge is 2.17. The summed E-state index contributed by atoms with van der Waals surface area (Å²) in [5.74, 6) is -0.295. The molecule has 3 heterocycles. The topological polar surface area (TPSA) is 82.6 Å². The average molecular weight is 347 g/mol. The second-order valence-electron chi connectivity index (χ2n) is 5.72. The van der Waals surface area contributed by atoms with E-state index in [2.05, 4.69) is 25.4 Å². The van der Waals surface area contributed by atoms with Gasteiger partial charge in [0.2, 0.25) is 0 Å². The van der Waals surface area contributed by atoms with Gasteiger partial charge in [-0.15, -0.1) is 11.3 Å². The summed E-state index contributed by atoms with van der Waals surface area (Å²) in [6.07, 6.45) is 1.93. The Balaban J connectivity index is 1.67. The molecule has 0 radical (unpaired) electrons. The SMILES string of the molecule is C/C(=N\NC(=O)c1csc(N2CCOCC2)n1)c1c(C)c[nH]c1C. The molecule has 2 aromatic rings. The third kappa shape index (κ3) is 3.49. The molecule has 2 aromatic heterocycles. The fourth-order valence-corrected chi connectivity index (χ4v) is 3.59. The van der Waals surface area contributed by atoms with Gasteiger partial charge in [-0.05, 0) is 26.3 Å². The van der Waals surface area contributed by atoms with Gasteiger partial charge in [0, 0.05) is 35.9 Å². The molecule has 128 valence electrons. The Hall–Kier alpha value is -2.19.